The van der Waals surface area contributed by atoms with Crippen LogP contribution < -0.4 is 5.32 Å². The molecule has 132 valence electrons. The molecule has 0 unspecified atom stereocenters. The Morgan fingerprint density at radius 3 is 2.67 bits per heavy atom. The number of nitrogens with one attached hydrogen (secondary N) is 1. The molecule has 0 aliphatic rings. The Kier molecular flexibility index (Phi) is 5.49. The highest BCUT2D eigenvalue weighted by molar-refractivity contribution is 9.10. The number of rotatable bonds is 5. The van der Waals surface area contributed by atoms with Gasteiger partial charge in [0.05, 0.1) is 4.47 Å². The second kappa shape index (κ2) is 7.06. The van der Waals surface area contributed by atoms with E-state index in [1.54, 1.807) is 0 Å². The number of aryl methyl sites for hydroxylation is 1. The number of aromatic nitrogens is 3. The fraction of sp³-hybridized carbons (Fsp3) is 0.500. The fourth-order valence-corrected chi connectivity index (χ4v) is 2.66. The smallest absolute Gasteiger partial charge is 0.351 e. The molecule has 0 spiro atoms. The van der Waals surface area contributed by atoms with Crippen molar-refractivity contribution in [3.8, 4) is 0 Å². The molecule has 1 amide bonds. The van der Waals surface area contributed by atoms with Crippen molar-refractivity contribution < 1.29 is 18.0 Å². The van der Waals surface area contributed by atoms with E-state index in [9.17, 15) is 18.0 Å². The quantitative estimate of drug-likeness (QED) is 0.773. The van der Waals surface area contributed by atoms with Crippen LogP contribution in [-0.2, 0) is 6.18 Å². The first-order valence-corrected chi connectivity index (χ1v) is 7.96. The van der Waals surface area contributed by atoms with E-state index in [0.29, 0.717) is 11.1 Å². The van der Waals surface area contributed by atoms with Crippen LogP contribution in [-0.4, -0.2) is 52.6 Å². The molecule has 2 aromatic rings. The number of hydrogen-bond donors (Lipinski definition) is 1. The van der Waals surface area contributed by atoms with Crippen LogP contribution in [0, 0.1) is 6.92 Å². The summed E-state index contributed by atoms with van der Waals surface area (Å²) in [6, 6.07) is 0.894. The van der Waals surface area contributed by atoms with Gasteiger partial charge in [0.1, 0.15) is 5.69 Å². The molecule has 2 aromatic heterocycles. The zero-order chi connectivity index (χ0) is 18.1. The molecule has 0 saturated carbocycles. The summed E-state index contributed by atoms with van der Waals surface area (Å²) in [6.07, 6.45) is -3.88. The maximum Gasteiger partial charge on any atom is 0.433 e. The summed E-state index contributed by atoms with van der Waals surface area (Å²) in [7, 11) is 3.82. The van der Waals surface area contributed by atoms with Crippen LogP contribution in [0.2, 0.25) is 0 Å². The zero-order valence-corrected chi connectivity index (χ0v) is 15.0. The van der Waals surface area contributed by atoms with E-state index in [4.69, 9.17) is 0 Å². The molecular weight excluding hydrogens is 391 g/mol. The van der Waals surface area contributed by atoms with E-state index in [2.05, 4.69) is 31.3 Å². The largest absolute Gasteiger partial charge is 0.433 e. The van der Waals surface area contributed by atoms with E-state index in [0.717, 1.165) is 19.0 Å². The minimum absolute atomic E-state index is 0.0410. The van der Waals surface area contributed by atoms with Gasteiger partial charge in [0, 0.05) is 12.2 Å². The van der Waals surface area contributed by atoms with E-state index in [1.165, 1.54) is 6.92 Å². The molecule has 0 fully saturated rings. The van der Waals surface area contributed by atoms with Crippen molar-refractivity contribution in [2.24, 2.45) is 0 Å². The van der Waals surface area contributed by atoms with Gasteiger partial charge in [0.15, 0.2) is 11.3 Å². The van der Waals surface area contributed by atoms with E-state index in [-0.39, 0.29) is 21.5 Å². The van der Waals surface area contributed by atoms with Crippen molar-refractivity contribution in [1.82, 2.24) is 24.8 Å². The standard InChI is InChI=1S/C14H17BrF3N5O/c1-8-7-9(14(16,17)18)23-12(20-8)10(15)11(21-23)13(24)19-5-4-6-22(2)3/h7H,4-6H2,1-3H3,(H,19,24). The fourth-order valence-electron chi connectivity index (χ4n) is 2.14. The number of carbonyl (C=O) groups is 1. The third kappa shape index (κ3) is 4.04. The Labute approximate surface area is 145 Å². The zero-order valence-electron chi connectivity index (χ0n) is 13.4. The highest BCUT2D eigenvalue weighted by Gasteiger charge is 2.36. The Morgan fingerprint density at radius 1 is 1.42 bits per heavy atom. The highest BCUT2D eigenvalue weighted by atomic mass is 79.9. The van der Waals surface area contributed by atoms with Crippen LogP contribution in [0.5, 0.6) is 0 Å². The molecule has 0 bridgehead atoms. The van der Waals surface area contributed by atoms with Crippen molar-refractivity contribution in [2.45, 2.75) is 19.5 Å². The number of fused-ring (bicyclic) bond motifs is 1. The lowest BCUT2D eigenvalue weighted by Crippen LogP contribution is -2.27. The molecule has 24 heavy (non-hydrogen) atoms. The number of carbonyl (C=O) groups excluding carboxylic acids is 1. The molecule has 0 radical (unpaired) electrons. The molecular formula is C14H17BrF3N5O. The van der Waals surface area contributed by atoms with Gasteiger partial charge in [-0.1, -0.05) is 0 Å². The summed E-state index contributed by atoms with van der Waals surface area (Å²) in [5, 5.41) is 6.45. The average molecular weight is 408 g/mol. The highest BCUT2D eigenvalue weighted by Crippen LogP contribution is 2.32. The minimum Gasteiger partial charge on any atom is -0.351 e. The topological polar surface area (TPSA) is 62.5 Å². The van der Waals surface area contributed by atoms with Crippen LogP contribution in [0.1, 0.15) is 28.3 Å². The summed E-state index contributed by atoms with van der Waals surface area (Å²) < 4.78 is 40.2. The van der Waals surface area contributed by atoms with Gasteiger partial charge in [-0.25, -0.2) is 9.50 Å². The van der Waals surface area contributed by atoms with Crippen LogP contribution in [0.4, 0.5) is 13.2 Å². The summed E-state index contributed by atoms with van der Waals surface area (Å²) in [5.74, 6) is -0.545. The Bertz CT molecular complexity index is 757. The summed E-state index contributed by atoms with van der Waals surface area (Å²) in [5.41, 5.74) is -0.949. The van der Waals surface area contributed by atoms with E-state index >= 15 is 0 Å². The molecule has 10 heteroatoms. The normalized spacial score (nSPS) is 12.2. The second-order valence-electron chi connectivity index (χ2n) is 5.59. The summed E-state index contributed by atoms with van der Waals surface area (Å²) in [6.45, 7) is 2.64. The molecule has 0 aliphatic heterocycles. The van der Waals surface area contributed by atoms with Gasteiger partial charge in [0.2, 0.25) is 0 Å². The third-order valence-electron chi connectivity index (χ3n) is 3.23. The van der Waals surface area contributed by atoms with Crippen molar-refractivity contribution in [1.29, 1.82) is 0 Å². The summed E-state index contributed by atoms with van der Waals surface area (Å²) >= 11 is 3.14. The first kappa shape index (κ1) is 18.7. The Morgan fingerprint density at radius 2 is 2.08 bits per heavy atom. The van der Waals surface area contributed by atoms with Gasteiger partial charge in [-0.3, -0.25) is 4.79 Å². The SMILES string of the molecule is Cc1cc(C(F)(F)F)n2nc(C(=O)NCCCN(C)C)c(Br)c2n1. The van der Waals surface area contributed by atoms with E-state index in [1.807, 2.05) is 19.0 Å². The lowest BCUT2D eigenvalue weighted by molar-refractivity contribution is -0.142. The second-order valence-corrected chi connectivity index (χ2v) is 6.38. The van der Waals surface area contributed by atoms with Gasteiger partial charge in [-0.15, -0.1) is 0 Å². The maximum absolute atomic E-state index is 13.2. The first-order chi connectivity index (χ1) is 11.1. The van der Waals surface area contributed by atoms with Crippen LogP contribution in [0.15, 0.2) is 10.5 Å². The number of hydrogen-bond acceptors (Lipinski definition) is 4. The third-order valence-corrected chi connectivity index (χ3v) is 3.96. The molecule has 1 N–H and O–H groups in total. The molecule has 2 rings (SSSR count). The monoisotopic (exact) mass is 407 g/mol. The minimum atomic E-state index is -4.60. The molecule has 0 aromatic carbocycles. The lowest BCUT2D eigenvalue weighted by Gasteiger charge is -2.09. The van der Waals surface area contributed by atoms with Crippen molar-refractivity contribution in [2.75, 3.05) is 27.2 Å². The van der Waals surface area contributed by atoms with Crippen LogP contribution in [0.25, 0.3) is 5.65 Å². The molecule has 2 heterocycles. The lowest BCUT2D eigenvalue weighted by atomic mass is 10.3. The maximum atomic E-state index is 13.2. The number of nitrogens with zero attached hydrogens (tertiary/aromatic N) is 4. The predicted octanol–water partition coefficient (Wildman–Crippen LogP) is 2.50. The van der Waals surface area contributed by atoms with Crippen LogP contribution in [0.3, 0.4) is 0 Å². The molecule has 0 saturated heterocycles. The Balaban J connectivity index is 2.32. The molecule has 0 aliphatic carbocycles. The first-order valence-electron chi connectivity index (χ1n) is 7.17. The van der Waals surface area contributed by atoms with Gasteiger partial charge in [-0.2, -0.15) is 18.3 Å². The van der Waals surface area contributed by atoms with Gasteiger partial charge >= 0.3 is 6.18 Å². The predicted molar refractivity (Wildman–Crippen MR) is 85.9 cm³/mol. The molecule has 0 atom stereocenters. The van der Waals surface area contributed by atoms with Crippen molar-refractivity contribution >= 4 is 27.5 Å². The van der Waals surface area contributed by atoms with Gasteiger partial charge in [0.25, 0.3) is 5.91 Å². The summed E-state index contributed by atoms with van der Waals surface area (Å²) in [4.78, 5) is 18.2. The van der Waals surface area contributed by atoms with Gasteiger partial charge < -0.3 is 10.2 Å². The van der Waals surface area contributed by atoms with Crippen molar-refractivity contribution in [3.05, 3.63) is 27.6 Å². The van der Waals surface area contributed by atoms with Crippen molar-refractivity contribution in [3.63, 3.8) is 0 Å². The Hall–Kier alpha value is -1.68. The van der Waals surface area contributed by atoms with Crippen LogP contribution >= 0.6 is 15.9 Å². The number of halogens is 4. The van der Waals surface area contributed by atoms with Gasteiger partial charge in [-0.05, 0) is 56.0 Å². The van der Waals surface area contributed by atoms with E-state index < -0.39 is 17.8 Å². The number of amides is 1. The molecule has 6 nitrogen and oxygen atoms in total. The number of alkyl halides is 3. The average Bonchev–Trinajstić information content (AvgIpc) is 2.79.